The normalized spacial score (nSPS) is 10.7. The molecule has 1 heterocycles. The molecule has 2 nitrogen and oxygen atoms in total. The fraction of sp³-hybridized carbons (Fsp3) is 0.100. The summed E-state index contributed by atoms with van der Waals surface area (Å²) in [5, 5.41) is 3.84. The van der Waals surface area contributed by atoms with Crippen molar-refractivity contribution in [3.05, 3.63) is 39.3 Å². The van der Waals surface area contributed by atoms with E-state index in [2.05, 4.69) is 21.1 Å². The summed E-state index contributed by atoms with van der Waals surface area (Å²) >= 11 is 8.95. The Labute approximate surface area is 99.2 Å². The topological polar surface area (TPSA) is 26.0 Å². The van der Waals surface area contributed by atoms with Gasteiger partial charge >= 0.3 is 0 Å². The van der Waals surface area contributed by atoms with Crippen LogP contribution in [0.5, 0.6) is 0 Å². The standard InChI is InChI=1S/C10H6BrClFNO/c1-5-8(11)10(14-15-5)6-3-2-4-7(12)9(6)13/h2-4H,1H3. The highest BCUT2D eigenvalue weighted by molar-refractivity contribution is 9.10. The fourth-order valence-electron chi connectivity index (χ4n) is 1.22. The van der Waals surface area contributed by atoms with Crippen molar-refractivity contribution >= 4 is 27.5 Å². The van der Waals surface area contributed by atoms with Gasteiger partial charge in [0.1, 0.15) is 11.5 Å². The molecule has 0 aliphatic heterocycles. The monoisotopic (exact) mass is 289 g/mol. The molecule has 0 amide bonds. The molecular weight excluding hydrogens is 284 g/mol. The van der Waals surface area contributed by atoms with Crippen LogP contribution >= 0.6 is 27.5 Å². The van der Waals surface area contributed by atoms with Crippen molar-refractivity contribution in [2.24, 2.45) is 0 Å². The second-order valence-corrected chi connectivity index (χ2v) is 4.20. The number of aromatic nitrogens is 1. The minimum atomic E-state index is -0.492. The van der Waals surface area contributed by atoms with Crippen LogP contribution in [-0.4, -0.2) is 5.16 Å². The number of benzene rings is 1. The SMILES string of the molecule is Cc1onc(-c2cccc(Cl)c2F)c1Br. The van der Waals surface area contributed by atoms with Crippen molar-refractivity contribution < 1.29 is 8.91 Å². The number of halogens is 3. The average Bonchev–Trinajstić information content (AvgIpc) is 2.53. The van der Waals surface area contributed by atoms with E-state index in [0.29, 0.717) is 21.5 Å². The van der Waals surface area contributed by atoms with Crippen LogP contribution in [0.15, 0.2) is 27.2 Å². The van der Waals surface area contributed by atoms with Crippen LogP contribution in [0.2, 0.25) is 5.02 Å². The summed E-state index contributed by atoms with van der Waals surface area (Å²) in [6, 6.07) is 4.75. The third-order valence-electron chi connectivity index (χ3n) is 2.00. The van der Waals surface area contributed by atoms with Gasteiger partial charge in [-0.1, -0.05) is 22.8 Å². The van der Waals surface area contributed by atoms with E-state index in [4.69, 9.17) is 16.1 Å². The van der Waals surface area contributed by atoms with Crippen LogP contribution < -0.4 is 0 Å². The maximum absolute atomic E-state index is 13.6. The van der Waals surface area contributed by atoms with E-state index in [1.807, 2.05) is 0 Å². The van der Waals surface area contributed by atoms with Gasteiger partial charge in [-0.2, -0.15) is 0 Å². The molecule has 0 N–H and O–H groups in total. The molecular formula is C10H6BrClFNO. The van der Waals surface area contributed by atoms with Gasteiger partial charge in [0.15, 0.2) is 5.82 Å². The van der Waals surface area contributed by atoms with Crippen molar-refractivity contribution in [3.63, 3.8) is 0 Å². The molecule has 1 aromatic heterocycles. The summed E-state index contributed by atoms with van der Waals surface area (Å²) in [6.45, 7) is 1.74. The van der Waals surface area contributed by atoms with Gasteiger partial charge in [-0.05, 0) is 35.0 Å². The summed E-state index contributed by atoms with van der Waals surface area (Å²) in [6.07, 6.45) is 0. The van der Waals surface area contributed by atoms with Crippen molar-refractivity contribution in [2.75, 3.05) is 0 Å². The number of aryl methyl sites for hydroxylation is 1. The van der Waals surface area contributed by atoms with E-state index in [1.165, 1.54) is 6.07 Å². The molecule has 0 saturated carbocycles. The van der Waals surface area contributed by atoms with E-state index in [9.17, 15) is 4.39 Å². The predicted molar refractivity (Wildman–Crippen MR) is 59.3 cm³/mol. The predicted octanol–water partition coefficient (Wildman–Crippen LogP) is 4.21. The zero-order valence-electron chi connectivity index (χ0n) is 7.72. The van der Waals surface area contributed by atoms with Crippen molar-refractivity contribution in [1.29, 1.82) is 0 Å². The molecule has 2 rings (SSSR count). The van der Waals surface area contributed by atoms with Crippen LogP contribution in [0.4, 0.5) is 4.39 Å². The van der Waals surface area contributed by atoms with E-state index in [0.717, 1.165) is 0 Å². The Bertz CT molecular complexity index is 512. The molecule has 0 unspecified atom stereocenters. The van der Waals surface area contributed by atoms with Gasteiger partial charge in [-0.15, -0.1) is 0 Å². The first-order valence-corrected chi connectivity index (χ1v) is 5.34. The lowest BCUT2D eigenvalue weighted by atomic mass is 10.1. The highest BCUT2D eigenvalue weighted by Gasteiger charge is 2.16. The Morgan fingerprint density at radius 1 is 1.47 bits per heavy atom. The van der Waals surface area contributed by atoms with Gasteiger partial charge in [-0.25, -0.2) is 4.39 Å². The van der Waals surface area contributed by atoms with Crippen molar-refractivity contribution in [2.45, 2.75) is 6.92 Å². The highest BCUT2D eigenvalue weighted by atomic mass is 79.9. The molecule has 0 atom stereocenters. The van der Waals surface area contributed by atoms with Gasteiger partial charge in [0, 0.05) is 5.56 Å². The number of nitrogens with zero attached hydrogens (tertiary/aromatic N) is 1. The van der Waals surface area contributed by atoms with E-state index in [-0.39, 0.29) is 5.02 Å². The Balaban J connectivity index is 2.64. The Morgan fingerprint density at radius 3 is 2.80 bits per heavy atom. The van der Waals surface area contributed by atoms with Gasteiger partial charge in [0.2, 0.25) is 0 Å². The minimum Gasteiger partial charge on any atom is -0.360 e. The van der Waals surface area contributed by atoms with Crippen LogP contribution in [0, 0.1) is 12.7 Å². The molecule has 78 valence electrons. The summed E-state index contributed by atoms with van der Waals surface area (Å²) in [7, 11) is 0. The molecule has 2 aromatic rings. The third-order valence-corrected chi connectivity index (χ3v) is 3.22. The summed E-state index contributed by atoms with van der Waals surface area (Å²) in [5.41, 5.74) is 0.749. The number of hydrogen-bond donors (Lipinski definition) is 0. The molecule has 1 aromatic carbocycles. The van der Waals surface area contributed by atoms with Gasteiger partial charge in [0.05, 0.1) is 9.50 Å². The lowest BCUT2D eigenvalue weighted by molar-refractivity contribution is 0.398. The summed E-state index contributed by atoms with van der Waals surface area (Å²) in [5.74, 6) is 0.109. The highest BCUT2D eigenvalue weighted by Crippen LogP contribution is 2.33. The number of rotatable bonds is 1. The molecule has 0 aliphatic rings. The molecule has 0 aliphatic carbocycles. The van der Waals surface area contributed by atoms with E-state index >= 15 is 0 Å². The van der Waals surface area contributed by atoms with E-state index in [1.54, 1.807) is 19.1 Å². The molecule has 0 spiro atoms. The smallest absolute Gasteiger partial charge is 0.151 e. The minimum absolute atomic E-state index is 0.0695. The average molecular weight is 291 g/mol. The molecule has 5 heteroatoms. The number of hydrogen-bond acceptors (Lipinski definition) is 2. The first-order valence-electron chi connectivity index (χ1n) is 4.17. The van der Waals surface area contributed by atoms with Gasteiger partial charge < -0.3 is 4.52 Å². The third kappa shape index (κ3) is 1.79. The largest absolute Gasteiger partial charge is 0.360 e. The zero-order valence-corrected chi connectivity index (χ0v) is 10.1. The molecule has 0 radical (unpaired) electrons. The molecule has 0 bridgehead atoms. The van der Waals surface area contributed by atoms with Crippen LogP contribution in [-0.2, 0) is 0 Å². The first-order chi connectivity index (χ1) is 7.11. The Kier molecular flexibility index (Phi) is 2.80. The quantitative estimate of drug-likeness (QED) is 0.786. The summed E-state index contributed by atoms with van der Waals surface area (Å²) in [4.78, 5) is 0. The lowest BCUT2D eigenvalue weighted by Crippen LogP contribution is -1.86. The maximum atomic E-state index is 13.6. The first kappa shape index (κ1) is 10.6. The molecule has 0 fully saturated rings. The van der Waals surface area contributed by atoms with Crippen LogP contribution in [0.25, 0.3) is 11.3 Å². The fourth-order valence-corrected chi connectivity index (χ4v) is 1.75. The second-order valence-electron chi connectivity index (χ2n) is 3.00. The lowest BCUT2D eigenvalue weighted by Gasteiger charge is -2.00. The second kappa shape index (κ2) is 3.94. The maximum Gasteiger partial charge on any atom is 0.151 e. The Morgan fingerprint density at radius 2 is 2.20 bits per heavy atom. The van der Waals surface area contributed by atoms with E-state index < -0.39 is 5.82 Å². The zero-order chi connectivity index (χ0) is 11.0. The van der Waals surface area contributed by atoms with Crippen molar-refractivity contribution in [1.82, 2.24) is 5.16 Å². The van der Waals surface area contributed by atoms with Gasteiger partial charge in [-0.3, -0.25) is 0 Å². The molecule has 0 saturated heterocycles. The van der Waals surface area contributed by atoms with Gasteiger partial charge in [0.25, 0.3) is 0 Å². The summed E-state index contributed by atoms with van der Waals surface area (Å²) < 4.78 is 19.2. The molecule has 15 heavy (non-hydrogen) atoms. The van der Waals surface area contributed by atoms with Crippen LogP contribution in [0.3, 0.4) is 0 Å². The Hall–Kier alpha value is -0.870. The van der Waals surface area contributed by atoms with Crippen molar-refractivity contribution in [3.8, 4) is 11.3 Å². The van der Waals surface area contributed by atoms with Crippen LogP contribution in [0.1, 0.15) is 5.76 Å².